The number of nitrogens with one attached hydrogen (secondary N) is 1. The van der Waals surface area contributed by atoms with Gasteiger partial charge in [0.1, 0.15) is 33.0 Å². The largest absolute Gasteiger partial charge is 0.389 e. The van der Waals surface area contributed by atoms with E-state index in [2.05, 4.69) is 15.4 Å². The Bertz CT molecular complexity index is 1140. The number of carbonyl (C=O) groups is 1. The predicted octanol–water partition coefficient (Wildman–Crippen LogP) is 4.37. The summed E-state index contributed by atoms with van der Waals surface area (Å²) < 4.78 is 44.6. The van der Waals surface area contributed by atoms with Gasteiger partial charge in [0.2, 0.25) is 0 Å². The molecule has 1 unspecified atom stereocenters. The fourth-order valence-electron chi connectivity index (χ4n) is 3.91. The quantitative estimate of drug-likeness (QED) is 0.598. The van der Waals surface area contributed by atoms with Crippen molar-refractivity contribution in [2.24, 2.45) is 7.05 Å². The molecule has 3 N–H and O–H groups in total. The molecule has 1 aliphatic heterocycles. The van der Waals surface area contributed by atoms with Crippen molar-refractivity contribution in [2.75, 3.05) is 29.0 Å². The van der Waals surface area contributed by atoms with E-state index < -0.39 is 23.2 Å². The number of alkyl halides is 1. The molecule has 11 heteroatoms. The van der Waals surface area contributed by atoms with Gasteiger partial charge in [-0.1, -0.05) is 17.4 Å². The standard InChI is InChI=1S/C21H23F3N6OS/c1-21(24)8-3-4-9-30(11-21)20-14(10-26-29(20)2)27-18(31)16-17(25)32-19(28-16)15-12(22)6-5-7-13(15)23/h5-7,10H,3-4,8-9,11,25H2,1-2H3,(H,27,31). The van der Waals surface area contributed by atoms with Crippen LogP contribution in [0.5, 0.6) is 0 Å². The fraction of sp³-hybridized carbons (Fsp3) is 0.381. The van der Waals surface area contributed by atoms with E-state index in [1.54, 1.807) is 18.7 Å². The van der Waals surface area contributed by atoms with Crippen LogP contribution in [0.25, 0.3) is 10.6 Å². The molecule has 32 heavy (non-hydrogen) atoms. The topological polar surface area (TPSA) is 89.1 Å². The lowest BCUT2D eigenvalue weighted by Gasteiger charge is -2.29. The zero-order valence-corrected chi connectivity index (χ0v) is 18.5. The second-order valence-corrected chi connectivity index (χ2v) is 9.11. The van der Waals surface area contributed by atoms with Crippen LogP contribution in [-0.4, -0.2) is 39.4 Å². The lowest BCUT2D eigenvalue weighted by atomic mass is 10.0. The van der Waals surface area contributed by atoms with Gasteiger partial charge < -0.3 is 16.0 Å². The molecular weight excluding hydrogens is 441 g/mol. The molecule has 1 atom stereocenters. The zero-order chi connectivity index (χ0) is 23.0. The van der Waals surface area contributed by atoms with E-state index in [0.717, 1.165) is 36.3 Å². The molecule has 0 spiro atoms. The Hall–Kier alpha value is -3.08. The Morgan fingerprint density at radius 3 is 2.72 bits per heavy atom. The summed E-state index contributed by atoms with van der Waals surface area (Å²) >= 11 is 0.820. The predicted molar refractivity (Wildman–Crippen MR) is 119 cm³/mol. The number of nitrogen functional groups attached to an aromatic ring is 1. The number of carbonyl (C=O) groups excluding carboxylic acids is 1. The third kappa shape index (κ3) is 4.29. The van der Waals surface area contributed by atoms with Gasteiger partial charge in [0, 0.05) is 13.6 Å². The Labute approximate surface area is 187 Å². The molecule has 1 aromatic carbocycles. The van der Waals surface area contributed by atoms with Crippen LogP contribution in [0.3, 0.4) is 0 Å². The van der Waals surface area contributed by atoms with E-state index in [9.17, 15) is 18.0 Å². The molecule has 1 saturated heterocycles. The summed E-state index contributed by atoms with van der Waals surface area (Å²) in [7, 11) is 1.71. The molecule has 1 aliphatic rings. The third-order valence-corrected chi connectivity index (χ3v) is 6.30. The van der Waals surface area contributed by atoms with E-state index in [1.807, 2.05) is 4.90 Å². The van der Waals surface area contributed by atoms with Gasteiger partial charge in [-0.05, 0) is 38.3 Å². The molecule has 3 aromatic rings. The minimum atomic E-state index is -1.36. The summed E-state index contributed by atoms with van der Waals surface area (Å²) in [5.74, 6) is -1.67. The van der Waals surface area contributed by atoms with Crippen molar-refractivity contribution in [2.45, 2.75) is 31.9 Å². The highest BCUT2D eigenvalue weighted by Crippen LogP contribution is 2.35. The first-order valence-corrected chi connectivity index (χ1v) is 11.0. The summed E-state index contributed by atoms with van der Waals surface area (Å²) in [4.78, 5) is 18.9. The summed E-state index contributed by atoms with van der Waals surface area (Å²) in [6, 6.07) is 3.46. The lowest BCUT2D eigenvalue weighted by molar-refractivity contribution is 0.102. The molecule has 0 aliphatic carbocycles. The number of thiazole rings is 1. The molecule has 1 fully saturated rings. The number of aryl methyl sites for hydroxylation is 1. The second kappa shape index (κ2) is 8.45. The maximum atomic E-state index is 14.8. The number of hydrogen-bond acceptors (Lipinski definition) is 6. The number of aromatic nitrogens is 3. The van der Waals surface area contributed by atoms with Crippen molar-refractivity contribution in [1.82, 2.24) is 14.8 Å². The Morgan fingerprint density at radius 2 is 2.00 bits per heavy atom. The van der Waals surface area contributed by atoms with Crippen LogP contribution in [0.1, 0.15) is 36.7 Å². The first-order valence-electron chi connectivity index (χ1n) is 10.1. The number of halogens is 3. The first-order chi connectivity index (χ1) is 15.2. The number of hydrogen-bond donors (Lipinski definition) is 2. The Kier molecular flexibility index (Phi) is 5.85. The van der Waals surface area contributed by atoms with Gasteiger partial charge >= 0.3 is 0 Å². The molecule has 0 radical (unpaired) electrons. The van der Waals surface area contributed by atoms with Gasteiger partial charge in [0.25, 0.3) is 5.91 Å². The van der Waals surface area contributed by atoms with Gasteiger partial charge in [-0.15, -0.1) is 0 Å². The summed E-state index contributed by atoms with van der Waals surface area (Å²) in [6.07, 6.45) is 3.52. The summed E-state index contributed by atoms with van der Waals surface area (Å²) in [5, 5.41) is 6.92. The Balaban J connectivity index is 1.62. The highest BCUT2D eigenvalue weighted by molar-refractivity contribution is 7.19. The highest BCUT2D eigenvalue weighted by atomic mass is 32.1. The van der Waals surface area contributed by atoms with Crippen LogP contribution in [0.2, 0.25) is 0 Å². The number of rotatable bonds is 4. The zero-order valence-electron chi connectivity index (χ0n) is 17.7. The smallest absolute Gasteiger partial charge is 0.277 e. The lowest BCUT2D eigenvalue weighted by Crippen LogP contribution is -2.37. The fourth-order valence-corrected chi connectivity index (χ4v) is 4.79. The van der Waals surface area contributed by atoms with E-state index in [-0.39, 0.29) is 27.8 Å². The number of benzene rings is 1. The van der Waals surface area contributed by atoms with Gasteiger partial charge in [-0.2, -0.15) is 5.10 Å². The van der Waals surface area contributed by atoms with Crippen molar-refractivity contribution >= 4 is 33.8 Å². The van der Waals surface area contributed by atoms with Crippen molar-refractivity contribution in [3.8, 4) is 10.6 Å². The monoisotopic (exact) mass is 464 g/mol. The van der Waals surface area contributed by atoms with Gasteiger partial charge in [0.15, 0.2) is 11.5 Å². The van der Waals surface area contributed by atoms with E-state index in [1.165, 1.54) is 12.3 Å². The first kappa shape index (κ1) is 22.1. The number of amides is 1. The number of nitrogens with two attached hydrogens (primary N) is 1. The van der Waals surface area contributed by atoms with Crippen molar-refractivity contribution in [3.05, 3.63) is 41.7 Å². The average molecular weight is 465 g/mol. The molecule has 3 heterocycles. The molecule has 170 valence electrons. The third-order valence-electron chi connectivity index (χ3n) is 5.40. The van der Waals surface area contributed by atoms with E-state index in [4.69, 9.17) is 5.73 Å². The molecule has 7 nitrogen and oxygen atoms in total. The maximum absolute atomic E-state index is 14.8. The van der Waals surface area contributed by atoms with Gasteiger partial charge in [-0.25, -0.2) is 18.2 Å². The highest BCUT2D eigenvalue weighted by Gasteiger charge is 2.32. The van der Waals surface area contributed by atoms with Crippen LogP contribution in [0.4, 0.5) is 29.7 Å². The number of anilines is 3. The molecule has 4 rings (SSSR count). The van der Waals surface area contributed by atoms with E-state index >= 15 is 0 Å². The summed E-state index contributed by atoms with van der Waals surface area (Å²) in [5.41, 5.74) is 4.48. The number of nitrogens with zero attached hydrogens (tertiary/aromatic N) is 4. The normalized spacial score (nSPS) is 19.1. The minimum absolute atomic E-state index is 0.0247. The molecular formula is C21H23F3N6OS. The van der Waals surface area contributed by atoms with Crippen LogP contribution >= 0.6 is 11.3 Å². The van der Waals surface area contributed by atoms with Crippen molar-refractivity contribution in [3.63, 3.8) is 0 Å². The van der Waals surface area contributed by atoms with Crippen LogP contribution in [0.15, 0.2) is 24.4 Å². The van der Waals surface area contributed by atoms with Crippen molar-refractivity contribution < 1.29 is 18.0 Å². The van der Waals surface area contributed by atoms with Gasteiger partial charge in [0.05, 0.1) is 18.3 Å². The Morgan fingerprint density at radius 1 is 1.28 bits per heavy atom. The second-order valence-electron chi connectivity index (χ2n) is 8.08. The SMILES string of the molecule is Cn1ncc(NC(=O)c2nc(-c3c(F)cccc3F)sc2N)c1N1CCCCC(C)(F)C1. The van der Waals surface area contributed by atoms with Crippen LogP contribution in [0, 0.1) is 11.6 Å². The van der Waals surface area contributed by atoms with Crippen LogP contribution < -0.4 is 16.0 Å². The van der Waals surface area contributed by atoms with Gasteiger partial charge in [-0.3, -0.25) is 9.48 Å². The maximum Gasteiger partial charge on any atom is 0.277 e. The van der Waals surface area contributed by atoms with Crippen molar-refractivity contribution in [1.29, 1.82) is 0 Å². The van der Waals surface area contributed by atoms with E-state index in [0.29, 0.717) is 24.5 Å². The molecule has 0 bridgehead atoms. The molecule has 1 amide bonds. The minimum Gasteiger partial charge on any atom is -0.389 e. The summed E-state index contributed by atoms with van der Waals surface area (Å²) in [6.45, 7) is 2.36. The molecule has 2 aromatic heterocycles. The van der Waals surface area contributed by atoms with Crippen LogP contribution in [-0.2, 0) is 7.05 Å². The average Bonchev–Trinajstić information content (AvgIpc) is 3.20. The molecule has 0 saturated carbocycles.